The molecule has 10 nitrogen and oxygen atoms in total. The number of benzene rings is 2. The lowest BCUT2D eigenvalue weighted by atomic mass is 10.2. The molecule has 0 unspecified atom stereocenters. The number of sulfonamides is 1. The average Bonchev–Trinajstić information content (AvgIpc) is 2.83. The maximum absolute atomic E-state index is 13.0. The van der Waals surface area contributed by atoms with E-state index in [9.17, 15) is 26.4 Å². The van der Waals surface area contributed by atoms with Crippen LogP contribution in [0.25, 0.3) is 0 Å². The second kappa shape index (κ2) is 11.3. The fourth-order valence-electron chi connectivity index (χ4n) is 3.38. The molecular formula is C23H28N2O8S2. The fourth-order valence-corrected chi connectivity index (χ4v) is 6.26. The van der Waals surface area contributed by atoms with Gasteiger partial charge >= 0.3 is 5.97 Å². The fraction of sp³-hybridized carbons (Fsp3) is 0.391. The van der Waals surface area contributed by atoms with Crippen LogP contribution in [-0.4, -0.2) is 71.7 Å². The lowest BCUT2D eigenvalue weighted by molar-refractivity contribution is -0.146. The Morgan fingerprint density at radius 1 is 1.00 bits per heavy atom. The van der Waals surface area contributed by atoms with E-state index in [1.54, 1.807) is 31.2 Å². The summed E-state index contributed by atoms with van der Waals surface area (Å²) in [7, 11) is -7.43. The molecule has 1 aliphatic heterocycles. The van der Waals surface area contributed by atoms with Crippen LogP contribution in [-0.2, 0) is 38.9 Å². The van der Waals surface area contributed by atoms with Gasteiger partial charge in [0.2, 0.25) is 10.0 Å². The van der Waals surface area contributed by atoms with Crippen molar-refractivity contribution in [2.75, 3.05) is 44.0 Å². The predicted octanol–water partition coefficient (Wildman–Crippen LogP) is 1.67. The zero-order chi connectivity index (χ0) is 25.6. The first-order valence-electron chi connectivity index (χ1n) is 10.9. The summed E-state index contributed by atoms with van der Waals surface area (Å²) in [4.78, 5) is 24.4. The number of esters is 1. The highest BCUT2D eigenvalue weighted by molar-refractivity contribution is 7.91. The van der Waals surface area contributed by atoms with Gasteiger partial charge in [-0.2, -0.15) is 4.31 Å². The Hall–Kier alpha value is -2.80. The molecule has 0 aliphatic carbocycles. The van der Waals surface area contributed by atoms with Gasteiger partial charge in [0, 0.05) is 18.8 Å². The van der Waals surface area contributed by atoms with Crippen molar-refractivity contribution in [3.05, 3.63) is 53.6 Å². The Balaban J connectivity index is 1.54. The van der Waals surface area contributed by atoms with Crippen LogP contribution in [0.5, 0.6) is 0 Å². The molecule has 0 bridgehead atoms. The summed E-state index contributed by atoms with van der Waals surface area (Å²) in [6, 6.07) is 10.7. The van der Waals surface area contributed by atoms with Crippen LogP contribution in [0.15, 0.2) is 52.3 Å². The zero-order valence-corrected chi connectivity index (χ0v) is 21.2. The van der Waals surface area contributed by atoms with E-state index in [1.165, 1.54) is 22.5 Å². The maximum atomic E-state index is 13.0. The molecule has 1 fully saturated rings. The Bertz CT molecular complexity index is 1280. The van der Waals surface area contributed by atoms with Gasteiger partial charge in [0.05, 0.1) is 35.2 Å². The molecule has 1 aliphatic rings. The minimum absolute atomic E-state index is 0.0653. The Morgan fingerprint density at radius 2 is 1.66 bits per heavy atom. The molecule has 1 heterocycles. The van der Waals surface area contributed by atoms with Crippen LogP contribution in [0.2, 0.25) is 0 Å². The number of morpholine rings is 1. The van der Waals surface area contributed by atoms with Gasteiger partial charge in [0.1, 0.15) is 0 Å². The van der Waals surface area contributed by atoms with Gasteiger partial charge in [-0.05, 0) is 43.7 Å². The number of carbonyl (C=O) groups excluding carboxylic acids is 2. The minimum Gasteiger partial charge on any atom is -0.456 e. The number of carbonyl (C=O) groups is 2. The van der Waals surface area contributed by atoms with Gasteiger partial charge in [0.15, 0.2) is 16.4 Å². The highest BCUT2D eigenvalue weighted by Crippen LogP contribution is 2.24. The largest absolute Gasteiger partial charge is 0.456 e. The van der Waals surface area contributed by atoms with Crippen molar-refractivity contribution in [1.82, 2.24) is 4.31 Å². The summed E-state index contributed by atoms with van der Waals surface area (Å²) in [6.07, 6.45) is -0.407. The number of anilines is 1. The molecule has 2 aromatic rings. The second-order valence-corrected chi connectivity index (χ2v) is 12.1. The first-order chi connectivity index (χ1) is 16.5. The standard InChI is InChI=1S/C23H28N2O8S2/c1-17-3-7-20(8-4-17)34(28,29)14-9-23(27)33-16-22(26)24-19-6-5-18(2)21(15-19)35(30,31)25-10-12-32-13-11-25/h3-8,15H,9-14,16H2,1-2H3,(H,24,26). The Kier molecular flexibility index (Phi) is 8.65. The van der Waals surface area contributed by atoms with Gasteiger partial charge in [-0.1, -0.05) is 23.8 Å². The zero-order valence-electron chi connectivity index (χ0n) is 19.5. The summed E-state index contributed by atoms with van der Waals surface area (Å²) >= 11 is 0. The van der Waals surface area contributed by atoms with Crippen LogP contribution >= 0.6 is 0 Å². The van der Waals surface area contributed by atoms with Crippen LogP contribution in [0.3, 0.4) is 0 Å². The third-order valence-electron chi connectivity index (χ3n) is 5.38. The number of nitrogens with zero attached hydrogens (tertiary/aromatic N) is 1. The number of hydrogen-bond donors (Lipinski definition) is 1. The van der Waals surface area contributed by atoms with E-state index < -0.39 is 50.5 Å². The summed E-state index contributed by atoms with van der Waals surface area (Å²) in [6.45, 7) is 3.97. The minimum atomic E-state index is -3.76. The molecule has 1 N–H and O–H groups in total. The van der Waals surface area contributed by atoms with Crippen molar-refractivity contribution in [3.63, 3.8) is 0 Å². The number of sulfone groups is 1. The van der Waals surface area contributed by atoms with Crippen LogP contribution in [0.1, 0.15) is 17.5 Å². The van der Waals surface area contributed by atoms with Gasteiger partial charge < -0.3 is 14.8 Å². The number of ether oxygens (including phenoxy) is 2. The normalized spacial score (nSPS) is 14.9. The van der Waals surface area contributed by atoms with E-state index >= 15 is 0 Å². The van der Waals surface area contributed by atoms with Crippen molar-refractivity contribution in [3.8, 4) is 0 Å². The third-order valence-corrected chi connectivity index (χ3v) is 9.15. The van der Waals surface area contributed by atoms with E-state index in [0.29, 0.717) is 18.8 Å². The van der Waals surface area contributed by atoms with E-state index in [1.807, 2.05) is 6.92 Å². The van der Waals surface area contributed by atoms with E-state index in [-0.39, 0.29) is 28.6 Å². The van der Waals surface area contributed by atoms with Crippen LogP contribution in [0, 0.1) is 13.8 Å². The highest BCUT2D eigenvalue weighted by Gasteiger charge is 2.28. The molecular weight excluding hydrogens is 496 g/mol. The van der Waals surface area contributed by atoms with E-state index in [0.717, 1.165) is 5.56 Å². The molecule has 0 saturated carbocycles. The average molecular weight is 525 g/mol. The topological polar surface area (TPSA) is 136 Å². The van der Waals surface area contributed by atoms with E-state index in [4.69, 9.17) is 9.47 Å². The van der Waals surface area contributed by atoms with Crippen molar-refractivity contribution >= 4 is 37.4 Å². The molecule has 3 rings (SSSR count). The number of amides is 1. The van der Waals surface area contributed by atoms with Gasteiger partial charge in [-0.15, -0.1) is 0 Å². The summed E-state index contributed by atoms with van der Waals surface area (Å²) in [5.41, 5.74) is 1.66. The quantitative estimate of drug-likeness (QED) is 0.489. The van der Waals surface area contributed by atoms with Crippen molar-refractivity contribution in [1.29, 1.82) is 0 Å². The lowest BCUT2D eigenvalue weighted by Gasteiger charge is -2.26. The van der Waals surface area contributed by atoms with Gasteiger partial charge in [0.25, 0.3) is 5.91 Å². The summed E-state index contributed by atoms with van der Waals surface area (Å²) < 4.78 is 62.0. The number of nitrogens with one attached hydrogen (secondary N) is 1. The molecule has 1 amide bonds. The SMILES string of the molecule is Cc1ccc(S(=O)(=O)CCC(=O)OCC(=O)Nc2ccc(C)c(S(=O)(=O)N3CCOCC3)c2)cc1. The summed E-state index contributed by atoms with van der Waals surface area (Å²) in [5, 5.41) is 2.50. The molecule has 190 valence electrons. The molecule has 12 heteroatoms. The van der Waals surface area contributed by atoms with Crippen molar-refractivity contribution in [2.24, 2.45) is 0 Å². The molecule has 0 radical (unpaired) electrons. The molecule has 0 atom stereocenters. The molecule has 2 aromatic carbocycles. The third kappa shape index (κ3) is 7.10. The van der Waals surface area contributed by atoms with Crippen molar-refractivity contribution < 1.29 is 35.9 Å². The Labute approximate surface area is 205 Å². The molecule has 0 spiro atoms. The molecule has 35 heavy (non-hydrogen) atoms. The Morgan fingerprint density at radius 3 is 2.31 bits per heavy atom. The van der Waals surface area contributed by atoms with Crippen molar-refractivity contribution in [2.45, 2.75) is 30.1 Å². The van der Waals surface area contributed by atoms with E-state index in [2.05, 4.69) is 5.32 Å². The smallest absolute Gasteiger partial charge is 0.307 e. The monoisotopic (exact) mass is 524 g/mol. The molecule has 0 aromatic heterocycles. The highest BCUT2D eigenvalue weighted by atomic mass is 32.2. The predicted molar refractivity (Wildman–Crippen MR) is 128 cm³/mol. The second-order valence-electron chi connectivity index (χ2n) is 8.09. The maximum Gasteiger partial charge on any atom is 0.307 e. The molecule has 1 saturated heterocycles. The number of aryl methyl sites for hydroxylation is 2. The first-order valence-corrected chi connectivity index (χ1v) is 14.0. The van der Waals surface area contributed by atoms with Gasteiger partial charge in [-0.25, -0.2) is 16.8 Å². The van der Waals surface area contributed by atoms with Gasteiger partial charge in [-0.3, -0.25) is 9.59 Å². The number of rotatable bonds is 9. The van der Waals surface area contributed by atoms with Crippen LogP contribution < -0.4 is 5.32 Å². The summed E-state index contributed by atoms with van der Waals surface area (Å²) in [5.74, 6) is -1.97. The van der Waals surface area contributed by atoms with Crippen LogP contribution in [0.4, 0.5) is 5.69 Å². The lowest BCUT2D eigenvalue weighted by Crippen LogP contribution is -2.40. The first kappa shape index (κ1) is 26.8. The number of hydrogen-bond acceptors (Lipinski definition) is 8.